The summed E-state index contributed by atoms with van der Waals surface area (Å²) >= 11 is 1.40. The van der Waals surface area contributed by atoms with Crippen molar-refractivity contribution in [3.05, 3.63) is 11.1 Å². The van der Waals surface area contributed by atoms with Crippen LogP contribution in [0.1, 0.15) is 0 Å². The number of rotatable bonds is 1. The molecule has 1 nitrogen and oxygen atoms in total. The Balaban J connectivity index is 2.57. The second-order valence-electron chi connectivity index (χ2n) is 1.84. The second-order valence-corrected chi connectivity index (χ2v) is 2.66. The van der Waals surface area contributed by atoms with Crippen molar-refractivity contribution in [1.82, 2.24) is 4.90 Å². The van der Waals surface area contributed by atoms with Gasteiger partial charge in [0, 0.05) is 7.05 Å². The summed E-state index contributed by atoms with van der Waals surface area (Å²) in [5.41, 5.74) is 0.139. The molecule has 4 heteroatoms. The molecule has 0 radical (unpaired) electrons. The summed E-state index contributed by atoms with van der Waals surface area (Å²) in [6.45, 7) is 0. The van der Waals surface area contributed by atoms with Crippen LogP contribution in [0.15, 0.2) is 11.1 Å². The third kappa shape index (κ3) is 1.36. The van der Waals surface area contributed by atoms with Crippen LogP contribution in [0.2, 0.25) is 0 Å². The SMILES string of the molecule is CN1CSC=C1C(F)F. The van der Waals surface area contributed by atoms with E-state index < -0.39 is 6.43 Å². The molecule has 0 aromatic carbocycles. The molecule has 0 saturated carbocycles. The zero-order valence-electron chi connectivity index (χ0n) is 4.97. The minimum Gasteiger partial charge on any atom is -0.363 e. The first kappa shape index (κ1) is 6.86. The van der Waals surface area contributed by atoms with E-state index in [1.54, 1.807) is 11.9 Å². The molecular formula is C5H7F2NS. The van der Waals surface area contributed by atoms with E-state index in [0.717, 1.165) is 0 Å². The molecule has 0 N–H and O–H groups in total. The van der Waals surface area contributed by atoms with Crippen LogP contribution in [0.4, 0.5) is 8.78 Å². The lowest BCUT2D eigenvalue weighted by atomic mass is 10.5. The van der Waals surface area contributed by atoms with Crippen molar-refractivity contribution in [1.29, 1.82) is 0 Å². The van der Waals surface area contributed by atoms with E-state index in [1.165, 1.54) is 17.2 Å². The molecule has 0 spiro atoms. The minimum absolute atomic E-state index is 0.139. The molecule has 9 heavy (non-hydrogen) atoms. The average molecular weight is 151 g/mol. The van der Waals surface area contributed by atoms with Crippen molar-refractivity contribution in [2.45, 2.75) is 6.43 Å². The van der Waals surface area contributed by atoms with Crippen LogP contribution in [-0.2, 0) is 0 Å². The van der Waals surface area contributed by atoms with Crippen LogP contribution in [0, 0.1) is 0 Å². The molecule has 0 amide bonds. The Bertz CT molecular complexity index is 135. The van der Waals surface area contributed by atoms with Crippen molar-refractivity contribution in [3.8, 4) is 0 Å². The monoisotopic (exact) mass is 151 g/mol. The van der Waals surface area contributed by atoms with E-state index in [-0.39, 0.29) is 5.70 Å². The number of allylic oxidation sites excluding steroid dienone is 1. The quantitative estimate of drug-likeness (QED) is 0.561. The van der Waals surface area contributed by atoms with Gasteiger partial charge in [-0.2, -0.15) is 0 Å². The minimum atomic E-state index is -2.31. The first-order valence-corrected chi connectivity index (χ1v) is 3.57. The van der Waals surface area contributed by atoms with Gasteiger partial charge in [0.25, 0.3) is 6.43 Å². The standard InChI is InChI=1S/C5H7F2NS/c1-8-3-9-2-4(8)5(6)7/h2,5H,3H2,1H3. The van der Waals surface area contributed by atoms with E-state index in [0.29, 0.717) is 5.88 Å². The summed E-state index contributed by atoms with van der Waals surface area (Å²) in [7, 11) is 1.66. The molecule has 1 rings (SSSR count). The molecule has 0 fully saturated rings. The number of alkyl halides is 2. The molecule has 0 saturated heterocycles. The van der Waals surface area contributed by atoms with Gasteiger partial charge in [-0.15, -0.1) is 11.8 Å². The summed E-state index contributed by atoms with van der Waals surface area (Å²) in [4.78, 5) is 1.55. The molecule has 0 aliphatic carbocycles. The lowest BCUT2D eigenvalue weighted by Gasteiger charge is -2.13. The van der Waals surface area contributed by atoms with Gasteiger partial charge in [0.2, 0.25) is 0 Å². The normalized spacial score (nSPS) is 19.1. The van der Waals surface area contributed by atoms with Crippen LogP contribution in [0.25, 0.3) is 0 Å². The number of nitrogens with zero attached hydrogens (tertiary/aromatic N) is 1. The topological polar surface area (TPSA) is 3.24 Å². The molecule has 1 heterocycles. The van der Waals surface area contributed by atoms with Crippen molar-refractivity contribution >= 4 is 11.8 Å². The summed E-state index contributed by atoms with van der Waals surface area (Å²) in [6.07, 6.45) is -2.31. The number of hydrogen-bond acceptors (Lipinski definition) is 2. The Morgan fingerprint density at radius 2 is 2.44 bits per heavy atom. The van der Waals surface area contributed by atoms with E-state index in [2.05, 4.69) is 0 Å². The van der Waals surface area contributed by atoms with E-state index in [1.807, 2.05) is 0 Å². The summed E-state index contributed by atoms with van der Waals surface area (Å²) < 4.78 is 23.7. The fourth-order valence-corrected chi connectivity index (χ4v) is 1.52. The Morgan fingerprint density at radius 3 is 2.67 bits per heavy atom. The largest absolute Gasteiger partial charge is 0.363 e. The third-order valence-electron chi connectivity index (χ3n) is 1.14. The predicted octanol–water partition coefficient (Wildman–Crippen LogP) is 1.73. The zero-order valence-corrected chi connectivity index (χ0v) is 5.79. The molecule has 1 aliphatic heterocycles. The highest BCUT2D eigenvalue weighted by atomic mass is 32.2. The van der Waals surface area contributed by atoms with Crippen LogP contribution < -0.4 is 0 Å². The molecule has 52 valence electrons. The lowest BCUT2D eigenvalue weighted by Crippen LogP contribution is -2.17. The van der Waals surface area contributed by atoms with Gasteiger partial charge >= 0.3 is 0 Å². The highest BCUT2D eigenvalue weighted by molar-refractivity contribution is 8.02. The highest BCUT2D eigenvalue weighted by Gasteiger charge is 2.19. The maximum absolute atomic E-state index is 11.9. The van der Waals surface area contributed by atoms with Crippen LogP contribution in [0.5, 0.6) is 0 Å². The zero-order chi connectivity index (χ0) is 6.85. The lowest BCUT2D eigenvalue weighted by molar-refractivity contribution is 0.157. The van der Waals surface area contributed by atoms with E-state index in [9.17, 15) is 8.78 Å². The molecule has 0 bridgehead atoms. The molecule has 0 aromatic rings. The molecule has 1 aliphatic rings. The summed E-state index contributed by atoms with van der Waals surface area (Å²) in [5, 5.41) is 1.50. The predicted molar refractivity (Wildman–Crippen MR) is 34.3 cm³/mol. The van der Waals surface area contributed by atoms with E-state index in [4.69, 9.17) is 0 Å². The van der Waals surface area contributed by atoms with Gasteiger partial charge in [-0.05, 0) is 5.41 Å². The first-order valence-electron chi connectivity index (χ1n) is 2.53. The molecule has 0 unspecified atom stereocenters. The average Bonchev–Trinajstić information content (AvgIpc) is 2.13. The smallest absolute Gasteiger partial charge is 0.278 e. The van der Waals surface area contributed by atoms with Gasteiger partial charge in [-0.1, -0.05) is 0 Å². The highest BCUT2D eigenvalue weighted by Crippen LogP contribution is 2.25. The van der Waals surface area contributed by atoms with E-state index >= 15 is 0 Å². The fourth-order valence-electron chi connectivity index (χ4n) is 0.617. The Morgan fingerprint density at radius 1 is 1.78 bits per heavy atom. The Kier molecular flexibility index (Phi) is 1.95. The first-order chi connectivity index (χ1) is 4.22. The maximum atomic E-state index is 11.9. The molecular weight excluding hydrogens is 144 g/mol. The number of halogens is 2. The Labute approximate surface area is 56.7 Å². The number of thioether (sulfide) groups is 1. The van der Waals surface area contributed by atoms with Crippen molar-refractivity contribution in [2.75, 3.05) is 12.9 Å². The van der Waals surface area contributed by atoms with Gasteiger partial charge in [0.05, 0.1) is 11.6 Å². The summed E-state index contributed by atoms with van der Waals surface area (Å²) in [6, 6.07) is 0. The second kappa shape index (κ2) is 2.56. The van der Waals surface area contributed by atoms with Crippen LogP contribution >= 0.6 is 11.8 Å². The van der Waals surface area contributed by atoms with Crippen LogP contribution in [-0.4, -0.2) is 24.2 Å². The van der Waals surface area contributed by atoms with Gasteiger partial charge < -0.3 is 4.90 Å². The van der Waals surface area contributed by atoms with Crippen LogP contribution in [0.3, 0.4) is 0 Å². The summed E-state index contributed by atoms with van der Waals surface area (Å²) in [5.74, 6) is 0.652. The fraction of sp³-hybridized carbons (Fsp3) is 0.600. The molecule has 0 atom stereocenters. The Hall–Kier alpha value is -0.250. The van der Waals surface area contributed by atoms with Crippen molar-refractivity contribution in [2.24, 2.45) is 0 Å². The maximum Gasteiger partial charge on any atom is 0.278 e. The van der Waals surface area contributed by atoms with Crippen molar-refractivity contribution in [3.63, 3.8) is 0 Å². The van der Waals surface area contributed by atoms with Gasteiger partial charge in [-0.25, -0.2) is 8.78 Å². The number of hydrogen-bond donors (Lipinski definition) is 0. The van der Waals surface area contributed by atoms with Gasteiger partial charge in [-0.3, -0.25) is 0 Å². The third-order valence-corrected chi connectivity index (χ3v) is 2.08. The van der Waals surface area contributed by atoms with Crippen molar-refractivity contribution < 1.29 is 8.78 Å². The van der Waals surface area contributed by atoms with Gasteiger partial charge in [0.1, 0.15) is 0 Å². The van der Waals surface area contributed by atoms with Gasteiger partial charge in [0.15, 0.2) is 0 Å². The molecule has 0 aromatic heterocycles.